The van der Waals surface area contributed by atoms with Gasteiger partial charge in [0.25, 0.3) is 0 Å². The molecular formula is C18H21N5O3S. The summed E-state index contributed by atoms with van der Waals surface area (Å²) in [5.41, 5.74) is 5.15. The standard InChI is InChI=1S/C18H21N5O3S/c1-2-25-16-11-13(3-4-15(16)26-10-9-24)12-20-23-17(21-22-18(23)27)14-5-7-19-8-6-14/h3-8,11,20,24H,2,9-10,12H2,1H3,(H,22,27). The second kappa shape index (κ2) is 9.15. The smallest absolute Gasteiger partial charge is 0.214 e. The van der Waals surface area contributed by atoms with Gasteiger partial charge in [-0.25, -0.2) is 9.77 Å². The second-order valence-corrected chi connectivity index (χ2v) is 5.93. The summed E-state index contributed by atoms with van der Waals surface area (Å²) in [5.74, 6) is 1.91. The molecule has 0 aliphatic heterocycles. The predicted octanol–water partition coefficient (Wildman–Crippen LogP) is 2.52. The van der Waals surface area contributed by atoms with Crippen LogP contribution >= 0.6 is 12.2 Å². The molecule has 0 radical (unpaired) electrons. The molecular weight excluding hydrogens is 366 g/mol. The van der Waals surface area contributed by atoms with E-state index >= 15 is 0 Å². The number of aliphatic hydroxyl groups excluding tert-OH is 1. The van der Waals surface area contributed by atoms with Crippen LogP contribution in [0.15, 0.2) is 42.7 Å². The minimum atomic E-state index is -0.0502. The first-order valence-electron chi connectivity index (χ1n) is 8.54. The van der Waals surface area contributed by atoms with Crippen LogP contribution < -0.4 is 14.9 Å². The van der Waals surface area contributed by atoms with Crippen LogP contribution in [0.1, 0.15) is 12.5 Å². The van der Waals surface area contributed by atoms with Crippen molar-refractivity contribution in [3.8, 4) is 22.9 Å². The Hall–Kier alpha value is -2.91. The summed E-state index contributed by atoms with van der Waals surface area (Å²) < 4.78 is 13.3. The minimum Gasteiger partial charge on any atom is -0.490 e. The van der Waals surface area contributed by atoms with Gasteiger partial charge >= 0.3 is 0 Å². The van der Waals surface area contributed by atoms with Crippen LogP contribution in [-0.4, -0.2) is 44.8 Å². The van der Waals surface area contributed by atoms with Crippen molar-refractivity contribution < 1.29 is 14.6 Å². The maximum absolute atomic E-state index is 8.94. The molecule has 0 fully saturated rings. The van der Waals surface area contributed by atoms with Gasteiger partial charge in [0.05, 0.1) is 19.8 Å². The maximum atomic E-state index is 8.94. The van der Waals surface area contributed by atoms with Gasteiger partial charge in [0.15, 0.2) is 17.3 Å². The number of hydrogen-bond acceptors (Lipinski definition) is 7. The Morgan fingerprint density at radius 1 is 1.19 bits per heavy atom. The van der Waals surface area contributed by atoms with Gasteiger partial charge in [-0.15, -0.1) is 0 Å². The highest BCUT2D eigenvalue weighted by atomic mass is 32.1. The quantitative estimate of drug-likeness (QED) is 0.485. The van der Waals surface area contributed by atoms with E-state index in [4.69, 9.17) is 26.8 Å². The van der Waals surface area contributed by atoms with Crippen LogP contribution in [-0.2, 0) is 6.54 Å². The van der Waals surface area contributed by atoms with E-state index < -0.39 is 0 Å². The number of aliphatic hydroxyl groups is 1. The van der Waals surface area contributed by atoms with Crippen molar-refractivity contribution in [2.75, 3.05) is 25.2 Å². The number of hydrogen-bond donors (Lipinski definition) is 3. The van der Waals surface area contributed by atoms with E-state index in [1.165, 1.54) is 0 Å². The number of pyridine rings is 1. The van der Waals surface area contributed by atoms with Crippen molar-refractivity contribution in [3.63, 3.8) is 0 Å². The van der Waals surface area contributed by atoms with Crippen molar-refractivity contribution in [2.24, 2.45) is 0 Å². The lowest BCUT2D eigenvalue weighted by atomic mass is 10.2. The average Bonchev–Trinajstić information content (AvgIpc) is 3.07. The lowest BCUT2D eigenvalue weighted by Gasteiger charge is -2.14. The van der Waals surface area contributed by atoms with Crippen LogP contribution in [0.4, 0.5) is 0 Å². The van der Waals surface area contributed by atoms with Crippen LogP contribution in [0.25, 0.3) is 11.4 Å². The highest BCUT2D eigenvalue weighted by Crippen LogP contribution is 2.28. The number of nitrogens with one attached hydrogen (secondary N) is 2. The topological polar surface area (TPSA) is 97.2 Å². The third-order valence-electron chi connectivity index (χ3n) is 3.71. The normalized spacial score (nSPS) is 10.6. The molecule has 0 saturated carbocycles. The molecule has 27 heavy (non-hydrogen) atoms. The van der Waals surface area contributed by atoms with Gasteiger partial charge in [0.2, 0.25) is 4.77 Å². The number of benzene rings is 1. The van der Waals surface area contributed by atoms with E-state index in [1.54, 1.807) is 17.1 Å². The third kappa shape index (κ3) is 4.63. The summed E-state index contributed by atoms with van der Waals surface area (Å²) in [6, 6.07) is 9.39. The van der Waals surface area contributed by atoms with E-state index in [-0.39, 0.29) is 13.2 Å². The molecule has 0 atom stereocenters. The molecule has 8 nitrogen and oxygen atoms in total. The molecule has 0 amide bonds. The van der Waals surface area contributed by atoms with Crippen LogP contribution in [0.2, 0.25) is 0 Å². The molecule has 0 saturated heterocycles. The molecule has 0 aliphatic rings. The van der Waals surface area contributed by atoms with Gasteiger partial charge in [-0.05, 0) is 49.0 Å². The van der Waals surface area contributed by atoms with Crippen LogP contribution in [0.5, 0.6) is 11.5 Å². The molecule has 3 rings (SSSR count). The SMILES string of the molecule is CCOc1cc(CNn2c(-c3ccncc3)n[nH]c2=S)ccc1OCCO. The third-order valence-corrected chi connectivity index (χ3v) is 3.98. The molecule has 1 aromatic carbocycles. The number of rotatable bonds is 9. The average molecular weight is 387 g/mol. The summed E-state index contributed by atoms with van der Waals surface area (Å²) in [5, 5.41) is 16.0. The van der Waals surface area contributed by atoms with Gasteiger partial charge < -0.3 is 20.0 Å². The van der Waals surface area contributed by atoms with Crippen molar-refractivity contribution >= 4 is 12.2 Å². The Balaban J connectivity index is 1.78. The number of nitrogens with zero attached hydrogens (tertiary/aromatic N) is 3. The fraction of sp³-hybridized carbons (Fsp3) is 0.278. The zero-order chi connectivity index (χ0) is 19.1. The molecule has 3 aromatic rings. The Kier molecular flexibility index (Phi) is 6.39. The lowest BCUT2D eigenvalue weighted by molar-refractivity contribution is 0.194. The number of H-pyrrole nitrogens is 1. The number of aromatic amines is 1. The van der Waals surface area contributed by atoms with Crippen molar-refractivity contribution in [1.29, 1.82) is 0 Å². The van der Waals surface area contributed by atoms with Gasteiger partial charge in [0.1, 0.15) is 6.61 Å². The first-order valence-corrected chi connectivity index (χ1v) is 8.94. The Bertz CT molecular complexity index is 926. The largest absolute Gasteiger partial charge is 0.490 e. The van der Waals surface area contributed by atoms with Crippen LogP contribution in [0.3, 0.4) is 0 Å². The molecule has 142 valence electrons. The van der Waals surface area contributed by atoms with E-state index in [2.05, 4.69) is 20.6 Å². The Morgan fingerprint density at radius 2 is 2.00 bits per heavy atom. The highest BCUT2D eigenvalue weighted by molar-refractivity contribution is 7.71. The maximum Gasteiger partial charge on any atom is 0.214 e. The number of ether oxygens (including phenoxy) is 2. The van der Waals surface area contributed by atoms with E-state index in [9.17, 15) is 0 Å². The van der Waals surface area contributed by atoms with E-state index in [1.807, 2.05) is 37.3 Å². The monoisotopic (exact) mass is 387 g/mol. The first-order chi connectivity index (χ1) is 13.2. The summed E-state index contributed by atoms with van der Waals surface area (Å²) in [4.78, 5) is 4.02. The Labute approximate surface area is 161 Å². The fourth-order valence-corrected chi connectivity index (χ4v) is 2.71. The molecule has 0 bridgehead atoms. The van der Waals surface area contributed by atoms with E-state index in [0.717, 1.165) is 11.1 Å². The molecule has 0 unspecified atom stereocenters. The predicted molar refractivity (Wildman–Crippen MR) is 104 cm³/mol. The molecule has 2 aromatic heterocycles. The first kappa shape index (κ1) is 18.9. The molecule has 0 spiro atoms. The molecule has 2 heterocycles. The molecule has 0 aliphatic carbocycles. The zero-order valence-electron chi connectivity index (χ0n) is 14.9. The van der Waals surface area contributed by atoms with Gasteiger partial charge in [-0.2, -0.15) is 5.10 Å². The summed E-state index contributed by atoms with van der Waals surface area (Å²) in [6.07, 6.45) is 3.41. The van der Waals surface area contributed by atoms with Gasteiger partial charge in [-0.1, -0.05) is 6.07 Å². The zero-order valence-corrected chi connectivity index (χ0v) is 15.7. The minimum absolute atomic E-state index is 0.0502. The van der Waals surface area contributed by atoms with Gasteiger partial charge in [-0.3, -0.25) is 4.98 Å². The second-order valence-electron chi connectivity index (χ2n) is 5.54. The fourth-order valence-electron chi connectivity index (χ4n) is 2.51. The van der Waals surface area contributed by atoms with E-state index in [0.29, 0.717) is 35.2 Å². The van der Waals surface area contributed by atoms with Gasteiger partial charge in [0, 0.05) is 18.0 Å². The van der Waals surface area contributed by atoms with Crippen molar-refractivity contribution in [1.82, 2.24) is 19.9 Å². The highest BCUT2D eigenvalue weighted by Gasteiger charge is 2.10. The summed E-state index contributed by atoms with van der Waals surface area (Å²) in [7, 11) is 0. The molecule has 3 N–H and O–H groups in total. The lowest BCUT2D eigenvalue weighted by Crippen LogP contribution is -2.16. The van der Waals surface area contributed by atoms with Crippen molar-refractivity contribution in [3.05, 3.63) is 53.1 Å². The van der Waals surface area contributed by atoms with Crippen molar-refractivity contribution in [2.45, 2.75) is 13.5 Å². The summed E-state index contributed by atoms with van der Waals surface area (Å²) >= 11 is 5.32. The molecule has 9 heteroatoms. The number of aromatic nitrogens is 4. The summed E-state index contributed by atoms with van der Waals surface area (Å²) in [6.45, 7) is 3.10. The van der Waals surface area contributed by atoms with Crippen LogP contribution in [0, 0.1) is 4.77 Å². The Morgan fingerprint density at radius 3 is 2.74 bits per heavy atom.